The Morgan fingerprint density at radius 1 is 1.05 bits per heavy atom. The van der Waals surface area contributed by atoms with Gasteiger partial charge >= 0.3 is 5.97 Å². The molecule has 1 aliphatic rings. The number of rotatable bonds is 14. The number of ketones is 1. The van der Waals surface area contributed by atoms with Gasteiger partial charge in [0.1, 0.15) is 10.9 Å². The van der Waals surface area contributed by atoms with Crippen LogP contribution in [0.3, 0.4) is 0 Å². The quantitative estimate of drug-likeness (QED) is 0.162. The minimum Gasteiger partial charge on any atom is -0.461 e. The number of nitrogens with two attached hydrogens (primary N) is 1. The molecule has 0 aliphatic carbocycles. The number of benzene rings is 2. The van der Waals surface area contributed by atoms with E-state index in [1.807, 2.05) is 60.7 Å². The predicted octanol–water partition coefficient (Wildman–Crippen LogP) is 4.33. The van der Waals surface area contributed by atoms with Crippen LogP contribution >= 0.6 is 11.3 Å². The van der Waals surface area contributed by atoms with Crippen molar-refractivity contribution in [2.24, 2.45) is 5.73 Å². The zero-order chi connectivity index (χ0) is 29.9. The molecule has 3 N–H and O–H groups in total. The van der Waals surface area contributed by atoms with Crippen molar-refractivity contribution < 1.29 is 23.9 Å². The van der Waals surface area contributed by atoms with Crippen molar-refractivity contribution in [3.8, 4) is 0 Å². The van der Waals surface area contributed by atoms with Crippen molar-refractivity contribution in [3.05, 3.63) is 87.9 Å². The minimum atomic E-state index is -0.878. The lowest BCUT2D eigenvalue weighted by molar-refractivity contribution is -0.138. The third-order valence-corrected chi connectivity index (χ3v) is 8.34. The monoisotopic (exact) mass is 590 g/mol. The summed E-state index contributed by atoms with van der Waals surface area (Å²) in [4.78, 5) is 59.2. The molecule has 2 aromatic carbocycles. The summed E-state index contributed by atoms with van der Waals surface area (Å²) in [6, 6.07) is 18.2. The maximum Gasteiger partial charge on any atom is 0.358 e. The first-order valence-electron chi connectivity index (χ1n) is 14.5. The Hall–Kier alpha value is -3.89. The molecule has 1 fully saturated rings. The van der Waals surface area contributed by atoms with Gasteiger partial charge in [-0.3, -0.25) is 14.4 Å². The Balaban J connectivity index is 1.50. The summed E-state index contributed by atoms with van der Waals surface area (Å²) < 4.78 is 5.06. The van der Waals surface area contributed by atoms with E-state index in [-0.39, 0.29) is 41.3 Å². The lowest BCUT2D eigenvalue weighted by Crippen LogP contribution is -2.51. The number of hydrogen-bond acceptors (Lipinski definition) is 8. The highest BCUT2D eigenvalue weighted by molar-refractivity contribution is 7.12. The average molecular weight is 591 g/mol. The fourth-order valence-corrected chi connectivity index (χ4v) is 6.15. The van der Waals surface area contributed by atoms with E-state index in [1.165, 1.54) is 5.51 Å². The SMILES string of the molecule is CCOC(=O)c1ncsc1C(=O)[C@H](CCCCN)NC(=O)[C@@H]1CCCN1C(=O)CC(c1ccccc1)c1ccccc1. The van der Waals surface area contributed by atoms with Crippen LogP contribution < -0.4 is 11.1 Å². The number of esters is 1. The molecule has 10 heteroatoms. The Morgan fingerprint density at radius 2 is 1.71 bits per heavy atom. The molecule has 0 radical (unpaired) electrons. The van der Waals surface area contributed by atoms with E-state index >= 15 is 0 Å². The summed E-state index contributed by atoms with van der Waals surface area (Å²) in [6.45, 7) is 2.76. The molecule has 1 saturated heterocycles. The molecule has 3 aromatic rings. The van der Waals surface area contributed by atoms with Crippen molar-refractivity contribution in [1.82, 2.24) is 15.2 Å². The molecule has 2 amide bonds. The van der Waals surface area contributed by atoms with Crippen LogP contribution in [-0.4, -0.2) is 65.2 Å². The number of ether oxygens (including phenoxy) is 1. The number of amides is 2. The smallest absolute Gasteiger partial charge is 0.358 e. The standard InChI is InChI=1S/C32H38N4O5S/c1-2-41-32(40)28-30(42-21-34-28)29(38)25(16-9-10-18-33)35-31(39)26-17-11-19-36(26)27(37)20-24(22-12-5-3-6-13-22)23-14-7-4-8-15-23/h3-8,12-15,21,24-26H,2,9-11,16-20,33H2,1H3,(H,35,39)/t25-,26-/m0/s1. The van der Waals surface area contributed by atoms with Crippen LogP contribution in [0.1, 0.15) is 82.7 Å². The van der Waals surface area contributed by atoms with Crippen LogP contribution in [0, 0.1) is 0 Å². The van der Waals surface area contributed by atoms with Gasteiger partial charge in [0.2, 0.25) is 11.8 Å². The molecule has 42 heavy (non-hydrogen) atoms. The number of likely N-dealkylation sites (tertiary alicyclic amines) is 1. The highest BCUT2D eigenvalue weighted by atomic mass is 32.1. The fraction of sp³-hybridized carbons (Fsp3) is 0.406. The van der Waals surface area contributed by atoms with E-state index in [4.69, 9.17) is 10.5 Å². The molecule has 0 saturated carbocycles. The van der Waals surface area contributed by atoms with Crippen LogP contribution in [0.5, 0.6) is 0 Å². The van der Waals surface area contributed by atoms with Gasteiger partial charge in [0.25, 0.3) is 0 Å². The maximum absolute atomic E-state index is 13.7. The summed E-state index contributed by atoms with van der Waals surface area (Å²) in [5.41, 5.74) is 9.11. The first kappa shape index (κ1) is 31.1. The third kappa shape index (κ3) is 7.68. The molecule has 2 heterocycles. The molecule has 2 atom stereocenters. The third-order valence-electron chi connectivity index (χ3n) is 7.50. The largest absolute Gasteiger partial charge is 0.461 e. The number of carbonyl (C=O) groups excluding carboxylic acids is 4. The van der Waals surface area contributed by atoms with E-state index in [0.717, 1.165) is 22.5 Å². The summed E-state index contributed by atoms with van der Waals surface area (Å²) in [7, 11) is 0. The first-order chi connectivity index (χ1) is 20.4. The van der Waals surface area contributed by atoms with Gasteiger partial charge in [-0.25, -0.2) is 9.78 Å². The van der Waals surface area contributed by atoms with Gasteiger partial charge < -0.3 is 20.7 Å². The highest BCUT2D eigenvalue weighted by Gasteiger charge is 2.37. The van der Waals surface area contributed by atoms with Gasteiger partial charge in [0.05, 0.1) is 18.2 Å². The summed E-state index contributed by atoms with van der Waals surface area (Å²) >= 11 is 1.04. The number of unbranched alkanes of at least 4 members (excludes halogenated alkanes) is 1. The van der Waals surface area contributed by atoms with Gasteiger partial charge in [-0.05, 0) is 56.7 Å². The van der Waals surface area contributed by atoms with Crippen molar-refractivity contribution in [2.45, 2.75) is 63.5 Å². The van der Waals surface area contributed by atoms with Crippen molar-refractivity contribution in [3.63, 3.8) is 0 Å². The molecule has 1 aliphatic heterocycles. The van der Waals surface area contributed by atoms with Crippen LogP contribution in [0.4, 0.5) is 0 Å². The van der Waals surface area contributed by atoms with E-state index in [2.05, 4.69) is 10.3 Å². The number of aromatic nitrogens is 1. The molecule has 222 valence electrons. The Morgan fingerprint density at radius 3 is 2.33 bits per heavy atom. The number of thiazole rings is 1. The second-order valence-corrected chi connectivity index (χ2v) is 11.1. The maximum atomic E-state index is 13.7. The minimum absolute atomic E-state index is 0.0459. The van der Waals surface area contributed by atoms with E-state index in [9.17, 15) is 19.2 Å². The molecular formula is C32H38N4O5S. The normalized spacial score (nSPS) is 15.4. The molecule has 0 bridgehead atoms. The number of carbonyl (C=O) groups is 4. The number of hydrogen-bond donors (Lipinski definition) is 2. The van der Waals surface area contributed by atoms with Gasteiger partial charge in [-0.1, -0.05) is 60.7 Å². The molecule has 1 aromatic heterocycles. The van der Waals surface area contributed by atoms with Gasteiger partial charge in [-0.15, -0.1) is 11.3 Å². The molecule has 9 nitrogen and oxygen atoms in total. The zero-order valence-electron chi connectivity index (χ0n) is 23.9. The van der Waals surface area contributed by atoms with E-state index in [1.54, 1.807) is 11.8 Å². The van der Waals surface area contributed by atoms with E-state index in [0.29, 0.717) is 45.2 Å². The number of Topliss-reactive ketones (excluding diaryl/α,β-unsaturated/α-hetero) is 1. The van der Waals surface area contributed by atoms with E-state index < -0.39 is 23.8 Å². The molecule has 0 spiro atoms. The number of nitrogens with one attached hydrogen (secondary N) is 1. The topological polar surface area (TPSA) is 132 Å². The lowest BCUT2D eigenvalue weighted by Gasteiger charge is -2.28. The Kier molecular flexibility index (Phi) is 11.4. The number of nitrogens with zero attached hydrogens (tertiary/aromatic N) is 2. The first-order valence-corrected chi connectivity index (χ1v) is 15.4. The summed E-state index contributed by atoms with van der Waals surface area (Å²) in [6.07, 6.45) is 3.08. The van der Waals surface area contributed by atoms with Gasteiger partial charge in [-0.2, -0.15) is 0 Å². The van der Waals surface area contributed by atoms with Crippen molar-refractivity contribution in [1.29, 1.82) is 0 Å². The second kappa shape index (κ2) is 15.4. The van der Waals surface area contributed by atoms with Crippen LogP contribution in [-0.2, 0) is 14.3 Å². The lowest BCUT2D eigenvalue weighted by atomic mass is 9.88. The highest BCUT2D eigenvalue weighted by Crippen LogP contribution is 2.30. The summed E-state index contributed by atoms with van der Waals surface area (Å²) in [5, 5.41) is 2.91. The second-order valence-electron chi connectivity index (χ2n) is 10.3. The summed E-state index contributed by atoms with van der Waals surface area (Å²) in [5.74, 6) is -1.70. The van der Waals surface area contributed by atoms with Crippen molar-refractivity contribution >= 4 is 34.9 Å². The van der Waals surface area contributed by atoms with Gasteiger partial charge in [0, 0.05) is 18.9 Å². The van der Waals surface area contributed by atoms with Crippen molar-refractivity contribution in [2.75, 3.05) is 19.7 Å². The molecule has 4 rings (SSSR count). The average Bonchev–Trinajstić information content (AvgIpc) is 3.71. The Labute approximate surface area is 250 Å². The predicted molar refractivity (Wildman–Crippen MR) is 161 cm³/mol. The molecule has 0 unspecified atom stereocenters. The van der Waals surface area contributed by atoms with Crippen LogP contribution in [0.15, 0.2) is 66.2 Å². The Bertz CT molecular complexity index is 1310. The van der Waals surface area contributed by atoms with Gasteiger partial charge in [0.15, 0.2) is 11.5 Å². The molecular weight excluding hydrogens is 552 g/mol. The fourth-order valence-electron chi connectivity index (χ4n) is 5.38. The van der Waals surface area contributed by atoms with Crippen LogP contribution in [0.2, 0.25) is 0 Å². The zero-order valence-corrected chi connectivity index (χ0v) is 24.7. The van der Waals surface area contributed by atoms with Crippen LogP contribution in [0.25, 0.3) is 0 Å².